The van der Waals surface area contributed by atoms with Crippen LogP contribution in [-0.4, -0.2) is 29.3 Å². The van der Waals surface area contributed by atoms with Gasteiger partial charge in [-0.15, -0.1) is 0 Å². The number of hydrogen-bond donors (Lipinski definition) is 0. The predicted octanol–water partition coefficient (Wildman–Crippen LogP) is 3.38. The molecule has 1 heterocycles. The number of allylic oxidation sites excluding steroid dienone is 1. The summed E-state index contributed by atoms with van der Waals surface area (Å²) in [7, 11) is 3.29. The third-order valence-corrected chi connectivity index (χ3v) is 3.23. The van der Waals surface area contributed by atoms with Gasteiger partial charge in [-0.25, -0.2) is 0 Å². The average Bonchev–Trinajstić information content (AvgIpc) is 2.91. The van der Waals surface area contributed by atoms with E-state index in [9.17, 15) is 4.79 Å². The van der Waals surface area contributed by atoms with Gasteiger partial charge in [-0.2, -0.15) is 5.10 Å². The number of nitrogens with zero attached hydrogens (tertiary/aromatic N) is 2. The molecule has 0 fully saturated rings. The summed E-state index contributed by atoms with van der Waals surface area (Å²) in [5.74, 6) is 0.906. The summed E-state index contributed by atoms with van der Waals surface area (Å²) >= 11 is 6.17. The Bertz CT molecular complexity index is 707. The Morgan fingerprint density at radius 1 is 1.45 bits per heavy atom. The summed E-state index contributed by atoms with van der Waals surface area (Å²) in [5.41, 5.74) is 1.29. The van der Waals surface area contributed by atoms with Gasteiger partial charge in [0.15, 0.2) is 17.3 Å². The van der Waals surface area contributed by atoms with E-state index >= 15 is 0 Å². The first-order valence-electron chi connectivity index (χ1n) is 6.76. The van der Waals surface area contributed by atoms with E-state index in [0.717, 1.165) is 5.56 Å². The number of halogens is 1. The Hall–Kier alpha value is -2.27. The molecule has 22 heavy (non-hydrogen) atoms. The lowest BCUT2D eigenvalue weighted by Crippen LogP contribution is -1.97. The van der Waals surface area contributed by atoms with Crippen molar-refractivity contribution >= 4 is 23.5 Å². The van der Waals surface area contributed by atoms with Crippen molar-refractivity contribution in [3.05, 3.63) is 46.8 Å². The van der Waals surface area contributed by atoms with E-state index in [1.807, 2.05) is 6.92 Å². The molecule has 0 N–H and O–H groups in total. The summed E-state index contributed by atoms with van der Waals surface area (Å²) in [6.07, 6.45) is 6.35. The quantitative estimate of drug-likeness (QED) is 0.605. The van der Waals surface area contributed by atoms with Gasteiger partial charge in [0.05, 0.1) is 30.5 Å². The third kappa shape index (κ3) is 3.68. The van der Waals surface area contributed by atoms with Crippen molar-refractivity contribution in [1.29, 1.82) is 0 Å². The maximum atomic E-state index is 12.0. The average molecular weight is 321 g/mol. The maximum absolute atomic E-state index is 12.0. The van der Waals surface area contributed by atoms with E-state index in [1.165, 1.54) is 19.4 Å². The summed E-state index contributed by atoms with van der Waals surface area (Å²) < 4.78 is 12.3. The maximum Gasteiger partial charge on any atom is 0.189 e. The summed E-state index contributed by atoms with van der Waals surface area (Å²) in [4.78, 5) is 12.0. The van der Waals surface area contributed by atoms with Gasteiger partial charge >= 0.3 is 0 Å². The second-order valence-electron chi connectivity index (χ2n) is 4.57. The molecular weight excluding hydrogens is 304 g/mol. The molecule has 0 atom stereocenters. The zero-order valence-corrected chi connectivity index (χ0v) is 13.4. The lowest BCUT2D eigenvalue weighted by atomic mass is 10.1. The second-order valence-corrected chi connectivity index (χ2v) is 4.97. The van der Waals surface area contributed by atoms with Crippen LogP contribution >= 0.6 is 11.6 Å². The SMILES string of the molecule is CCOc1cc(/C=C/C(=O)c2cnn(C)c2)cc(Cl)c1OC. The molecule has 116 valence electrons. The number of aryl methyl sites for hydroxylation is 1. The summed E-state index contributed by atoms with van der Waals surface area (Å²) in [5, 5.41) is 4.40. The molecule has 0 bridgehead atoms. The van der Waals surface area contributed by atoms with E-state index in [1.54, 1.807) is 36.1 Å². The first-order chi connectivity index (χ1) is 10.5. The van der Waals surface area contributed by atoms with E-state index in [2.05, 4.69) is 5.10 Å². The Morgan fingerprint density at radius 3 is 2.82 bits per heavy atom. The number of carbonyl (C=O) groups excluding carboxylic acids is 1. The molecule has 0 amide bonds. The molecule has 6 heteroatoms. The zero-order valence-electron chi connectivity index (χ0n) is 12.7. The number of rotatable bonds is 6. The molecule has 0 aliphatic carbocycles. The number of benzene rings is 1. The minimum absolute atomic E-state index is 0.127. The van der Waals surface area contributed by atoms with Gasteiger partial charge in [0, 0.05) is 13.2 Å². The van der Waals surface area contributed by atoms with Crippen LogP contribution in [0.5, 0.6) is 11.5 Å². The fraction of sp³-hybridized carbons (Fsp3) is 0.250. The summed E-state index contributed by atoms with van der Waals surface area (Å²) in [6, 6.07) is 3.50. The fourth-order valence-corrected chi connectivity index (χ4v) is 2.26. The molecule has 0 saturated carbocycles. The normalized spacial score (nSPS) is 10.9. The summed E-state index contributed by atoms with van der Waals surface area (Å²) in [6.45, 7) is 2.37. The van der Waals surface area contributed by atoms with E-state index in [4.69, 9.17) is 21.1 Å². The first kappa shape index (κ1) is 16.1. The molecule has 0 aliphatic heterocycles. The molecule has 0 aliphatic rings. The Balaban J connectivity index is 2.25. The molecule has 0 radical (unpaired) electrons. The lowest BCUT2D eigenvalue weighted by molar-refractivity contribution is 0.104. The van der Waals surface area contributed by atoms with Crippen LogP contribution in [-0.2, 0) is 7.05 Å². The number of hydrogen-bond acceptors (Lipinski definition) is 4. The molecule has 1 aromatic carbocycles. The highest BCUT2D eigenvalue weighted by Crippen LogP contribution is 2.36. The van der Waals surface area contributed by atoms with E-state index in [0.29, 0.717) is 28.7 Å². The van der Waals surface area contributed by atoms with Crippen LogP contribution in [0.2, 0.25) is 5.02 Å². The van der Waals surface area contributed by atoms with Crippen molar-refractivity contribution in [3.8, 4) is 11.5 Å². The predicted molar refractivity (Wildman–Crippen MR) is 85.7 cm³/mol. The number of ether oxygens (including phenoxy) is 2. The van der Waals surface area contributed by atoms with Crippen LogP contribution in [0.3, 0.4) is 0 Å². The number of carbonyl (C=O) groups is 1. The van der Waals surface area contributed by atoms with Crippen molar-refractivity contribution in [1.82, 2.24) is 9.78 Å². The van der Waals surface area contributed by atoms with Gasteiger partial charge in [0.1, 0.15) is 0 Å². The van der Waals surface area contributed by atoms with Crippen molar-refractivity contribution < 1.29 is 14.3 Å². The standard InChI is InChI=1S/C16H17ClN2O3/c1-4-22-15-8-11(7-13(17)16(15)21-3)5-6-14(20)12-9-18-19(2)10-12/h5-10H,4H2,1-3H3/b6-5+. The first-order valence-corrected chi connectivity index (χ1v) is 7.14. The van der Waals surface area contributed by atoms with Crippen molar-refractivity contribution in [2.45, 2.75) is 6.92 Å². The topological polar surface area (TPSA) is 53.3 Å². The Morgan fingerprint density at radius 2 is 2.23 bits per heavy atom. The van der Waals surface area contributed by atoms with Gasteiger partial charge in [-0.1, -0.05) is 17.7 Å². The van der Waals surface area contributed by atoms with Gasteiger partial charge < -0.3 is 9.47 Å². The number of methoxy groups -OCH3 is 1. The van der Waals surface area contributed by atoms with Crippen LogP contribution < -0.4 is 9.47 Å². The number of aromatic nitrogens is 2. The van der Waals surface area contributed by atoms with Crippen LogP contribution in [0, 0.1) is 0 Å². The monoisotopic (exact) mass is 320 g/mol. The van der Waals surface area contributed by atoms with E-state index in [-0.39, 0.29) is 5.78 Å². The Labute approximate surface area is 134 Å². The van der Waals surface area contributed by atoms with Gasteiger partial charge in [-0.05, 0) is 30.7 Å². The highest BCUT2D eigenvalue weighted by atomic mass is 35.5. The van der Waals surface area contributed by atoms with E-state index < -0.39 is 0 Å². The zero-order chi connectivity index (χ0) is 16.1. The number of ketones is 1. The van der Waals surface area contributed by atoms with Gasteiger partial charge in [0.2, 0.25) is 0 Å². The lowest BCUT2D eigenvalue weighted by Gasteiger charge is -2.11. The second kappa shape index (κ2) is 7.13. The molecular formula is C16H17ClN2O3. The molecule has 0 unspecified atom stereocenters. The smallest absolute Gasteiger partial charge is 0.189 e. The molecule has 0 saturated heterocycles. The van der Waals surface area contributed by atoms with Crippen LogP contribution in [0.25, 0.3) is 6.08 Å². The van der Waals surface area contributed by atoms with Crippen molar-refractivity contribution in [3.63, 3.8) is 0 Å². The van der Waals surface area contributed by atoms with Crippen LogP contribution in [0.1, 0.15) is 22.8 Å². The highest BCUT2D eigenvalue weighted by Gasteiger charge is 2.11. The van der Waals surface area contributed by atoms with Gasteiger partial charge in [-0.3, -0.25) is 9.48 Å². The molecule has 2 aromatic rings. The van der Waals surface area contributed by atoms with Crippen molar-refractivity contribution in [2.24, 2.45) is 7.05 Å². The van der Waals surface area contributed by atoms with Crippen LogP contribution in [0.15, 0.2) is 30.6 Å². The largest absolute Gasteiger partial charge is 0.491 e. The molecule has 1 aromatic heterocycles. The third-order valence-electron chi connectivity index (χ3n) is 2.95. The minimum Gasteiger partial charge on any atom is -0.491 e. The van der Waals surface area contributed by atoms with Crippen LogP contribution in [0.4, 0.5) is 0 Å². The Kier molecular flexibility index (Phi) is 5.22. The van der Waals surface area contributed by atoms with Gasteiger partial charge in [0.25, 0.3) is 0 Å². The molecule has 5 nitrogen and oxygen atoms in total. The molecule has 2 rings (SSSR count). The minimum atomic E-state index is -0.127. The fourth-order valence-electron chi connectivity index (χ4n) is 1.96. The highest BCUT2D eigenvalue weighted by molar-refractivity contribution is 6.32. The molecule has 0 spiro atoms. The van der Waals surface area contributed by atoms with Crippen molar-refractivity contribution in [2.75, 3.05) is 13.7 Å².